The number of pyridine rings is 1. The van der Waals surface area contributed by atoms with Crippen LogP contribution in [-0.2, 0) is 0 Å². The first-order chi connectivity index (χ1) is 9.69. The Balaban J connectivity index is 2.17. The van der Waals surface area contributed by atoms with Gasteiger partial charge in [0.15, 0.2) is 5.82 Å². The quantitative estimate of drug-likeness (QED) is 0.694. The normalized spacial score (nSPS) is 10.8. The molecule has 0 bridgehead atoms. The predicted molar refractivity (Wildman–Crippen MR) is 89.8 cm³/mol. The van der Waals surface area contributed by atoms with E-state index in [-0.39, 0.29) is 0 Å². The molecule has 0 amide bonds. The van der Waals surface area contributed by atoms with Crippen molar-refractivity contribution in [3.8, 4) is 11.5 Å². The van der Waals surface area contributed by atoms with Gasteiger partial charge >= 0.3 is 0 Å². The lowest BCUT2D eigenvalue weighted by Crippen LogP contribution is -2.03. The Morgan fingerprint density at radius 1 is 1.00 bits per heavy atom. The average Bonchev–Trinajstić information content (AvgIpc) is 2.49. The van der Waals surface area contributed by atoms with Crippen molar-refractivity contribution in [1.29, 1.82) is 0 Å². The van der Waals surface area contributed by atoms with Crippen LogP contribution in [0.15, 0.2) is 36.4 Å². The van der Waals surface area contributed by atoms with E-state index in [9.17, 15) is 0 Å². The number of aryl methyl sites for hydroxylation is 1. The molecule has 0 atom stereocenters. The van der Waals surface area contributed by atoms with Gasteiger partial charge in [-0.05, 0) is 41.6 Å². The van der Waals surface area contributed by atoms with E-state index in [0.717, 1.165) is 31.7 Å². The molecule has 0 spiro atoms. The monoisotopic (exact) mass is 376 g/mol. The molecule has 0 aliphatic heterocycles. The third-order valence-electron chi connectivity index (χ3n) is 3.08. The van der Waals surface area contributed by atoms with Crippen LogP contribution in [0.2, 0.25) is 0 Å². The Morgan fingerprint density at radius 2 is 1.80 bits per heavy atom. The molecule has 0 aliphatic rings. The van der Waals surface area contributed by atoms with Crippen molar-refractivity contribution in [3.63, 3.8) is 0 Å². The minimum atomic E-state index is 0.651. The fourth-order valence-electron chi connectivity index (χ4n) is 2.03. The fourth-order valence-corrected chi connectivity index (χ4v) is 2.54. The molecule has 0 unspecified atom stereocenters. The zero-order chi connectivity index (χ0) is 14.1. The molecule has 20 heavy (non-hydrogen) atoms. The van der Waals surface area contributed by atoms with E-state index in [2.05, 4.69) is 42.9 Å². The van der Waals surface area contributed by atoms with Crippen molar-refractivity contribution in [3.05, 3.63) is 45.7 Å². The maximum absolute atomic E-state index is 4.64. The number of para-hydroxylation sites is 1. The van der Waals surface area contributed by atoms with Crippen LogP contribution in [0.3, 0.4) is 0 Å². The Kier molecular flexibility index (Phi) is 3.52. The lowest BCUT2D eigenvalue weighted by Gasteiger charge is -2.08. The van der Waals surface area contributed by atoms with E-state index in [4.69, 9.17) is 0 Å². The van der Waals surface area contributed by atoms with E-state index in [1.165, 1.54) is 0 Å². The summed E-state index contributed by atoms with van der Waals surface area (Å²) in [7, 11) is 1.86. The minimum Gasteiger partial charge on any atom is -0.372 e. The number of rotatable bonds is 2. The lowest BCUT2D eigenvalue weighted by atomic mass is 10.2. The molecule has 1 aromatic carbocycles. The van der Waals surface area contributed by atoms with Crippen molar-refractivity contribution in [2.75, 3.05) is 12.4 Å². The Labute approximate surface area is 130 Å². The van der Waals surface area contributed by atoms with E-state index >= 15 is 0 Å². The highest BCUT2D eigenvalue weighted by Crippen LogP contribution is 2.23. The first-order valence-corrected chi connectivity index (χ1v) is 7.35. The zero-order valence-corrected chi connectivity index (χ0v) is 13.3. The molecule has 3 aromatic rings. The molecule has 3 rings (SSSR count). The van der Waals surface area contributed by atoms with Crippen molar-refractivity contribution in [1.82, 2.24) is 15.0 Å². The van der Waals surface area contributed by atoms with Gasteiger partial charge < -0.3 is 5.32 Å². The molecule has 5 heteroatoms. The topological polar surface area (TPSA) is 50.7 Å². The second-order valence-corrected chi connectivity index (χ2v) is 5.51. The molecule has 4 nitrogen and oxygen atoms in total. The van der Waals surface area contributed by atoms with Crippen molar-refractivity contribution in [2.24, 2.45) is 0 Å². The average molecular weight is 376 g/mol. The molecule has 100 valence electrons. The summed E-state index contributed by atoms with van der Waals surface area (Å²) < 4.78 is 1.04. The van der Waals surface area contributed by atoms with Gasteiger partial charge in [-0.1, -0.05) is 24.3 Å². The fraction of sp³-hybridized carbons (Fsp3) is 0.133. The zero-order valence-electron chi connectivity index (χ0n) is 11.2. The van der Waals surface area contributed by atoms with Gasteiger partial charge in [-0.2, -0.15) is 0 Å². The minimum absolute atomic E-state index is 0.651. The van der Waals surface area contributed by atoms with Crippen LogP contribution >= 0.6 is 22.6 Å². The number of halogens is 1. The maximum Gasteiger partial charge on any atom is 0.180 e. The molecule has 0 aliphatic carbocycles. The number of benzene rings is 1. The Morgan fingerprint density at radius 3 is 2.60 bits per heavy atom. The van der Waals surface area contributed by atoms with Crippen LogP contribution in [0, 0.1) is 10.5 Å². The molecule has 0 saturated carbocycles. The molecular formula is C15H13IN4. The Hall–Kier alpha value is -1.76. The highest BCUT2D eigenvalue weighted by Gasteiger charge is 2.11. The first kappa shape index (κ1) is 13.2. The summed E-state index contributed by atoms with van der Waals surface area (Å²) in [5.74, 6) is 1.49. The highest BCUT2D eigenvalue weighted by atomic mass is 127. The second kappa shape index (κ2) is 5.32. The summed E-state index contributed by atoms with van der Waals surface area (Å²) in [6.07, 6.45) is 0. The number of nitrogens with zero attached hydrogens (tertiary/aromatic N) is 3. The summed E-state index contributed by atoms with van der Waals surface area (Å²) in [5, 5.41) is 4.21. The standard InChI is InChI=1S/C15H13IN4/c1-9-13(16)15(17-2)20-14(18-9)12-8-7-10-5-3-4-6-11(10)19-12/h3-8H,1-2H3,(H,17,18,20). The van der Waals surface area contributed by atoms with Gasteiger partial charge in [0.1, 0.15) is 11.5 Å². The molecule has 2 aromatic heterocycles. The smallest absolute Gasteiger partial charge is 0.180 e. The van der Waals surface area contributed by atoms with Crippen LogP contribution in [0.1, 0.15) is 5.69 Å². The molecule has 1 N–H and O–H groups in total. The number of anilines is 1. The summed E-state index contributed by atoms with van der Waals surface area (Å²) >= 11 is 2.25. The number of hydrogen-bond donors (Lipinski definition) is 1. The van der Waals surface area contributed by atoms with Gasteiger partial charge in [0.2, 0.25) is 0 Å². The molecule has 0 saturated heterocycles. The van der Waals surface area contributed by atoms with Crippen LogP contribution in [-0.4, -0.2) is 22.0 Å². The highest BCUT2D eigenvalue weighted by molar-refractivity contribution is 14.1. The number of hydrogen-bond acceptors (Lipinski definition) is 4. The largest absolute Gasteiger partial charge is 0.372 e. The SMILES string of the molecule is CNc1nc(-c2ccc3ccccc3n2)nc(C)c1I. The van der Waals surface area contributed by atoms with Crippen molar-refractivity contribution in [2.45, 2.75) is 6.92 Å². The lowest BCUT2D eigenvalue weighted by molar-refractivity contribution is 1.07. The number of fused-ring (bicyclic) bond motifs is 1. The summed E-state index contributed by atoms with van der Waals surface area (Å²) in [5.41, 5.74) is 2.70. The second-order valence-electron chi connectivity index (χ2n) is 4.43. The van der Waals surface area contributed by atoms with Crippen LogP contribution in [0.25, 0.3) is 22.4 Å². The van der Waals surface area contributed by atoms with E-state index in [1.807, 2.05) is 50.4 Å². The van der Waals surface area contributed by atoms with Crippen LogP contribution < -0.4 is 5.32 Å². The van der Waals surface area contributed by atoms with E-state index in [1.54, 1.807) is 0 Å². The summed E-state index contributed by atoms with van der Waals surface area (Å²) in [4.78, 5) is 13.7. The first-order valence-electron chi connectivity index (χ1n) is 6.27. The molecule has 0 radical (unpaired) electrons. The third-order valence-corrected chi connectivity index (χ3v) is 4.37. The van der Waals surface area contributed by atoms with Crippen molar-refractivity contribution >= 4 is 39.3 Å². The molecule has 2 heterocycles. The van der Waals surface area contributed by atoms with Gasteiger partial charge in [0, 0.05) is 12.4 Å². The van der Waals surface area contributed by atoms with Gasteiger partial charge in [-0.15, -0.1) is 0 Å². The molecule has 0 fully saturated rings. The van der Waals surface area contributed by atoms with E-state index in [0.29, 0.717) is 5.82 Å². The summed E-state index contributed by atoms with van der Waals surface area (Å²) in [6.45, 7) is 1.98. The predicted octanol–water partition coefficient (Wildman–Crippen LogP) is 3.65. The number of nitrogens with one attached hydrogen (secondary N) is 1. The van der Waals surface area contributed by atoms with Crippen molar-refractivity contribution < 1.29 is 0 Å². The van der Waals surface area contributed by atoms with Gasteiger partial charge in [-0.3, -0.25) is 0 Å². The molecular weight excluding hydrogens is 363 g/mol. The third kappa shape index (κ3) is 2.33. The van der Waals surface area contributed by atoms with E-state index < -0.39 is 0 Å². The van der Waals surface area contributed by atoms with Gasteiger partial charge in [0.25, 0.3) is 0 Å². The summed E-state index contributed by atoms with van der Waals surface area (Å²) in [6, 6.07) is 12.0. The van der Waals surface area contributed by atoms with Crippen LogP contribution in [0.4, 0.5) is 5.82 Å². The van der Waals surface area contributed by atoms with Crippen LogP contribution in [0.5, 0.6) is 0 Å². The maximum atomic E-state index is 4.64. The Bertz CT molecular complexity index is 786. The van der Waals surface area contributed by atoms with Gasteiger partial charge in [-0.25, -0.2) is 15.0 Å². The van der Waals surface area contributed by atoms with Gasteiger partial charge in [0.05, 0.1) is 14.8 Å². The number of aromatic nitrogens is 3.